The van der Waals surface area contributed by atoms with Gasteiger partial charge in [-0.05, 0) is 55.6 Å². The fourth-order valence-electron chi connectivity index (χ4n) is 3.19. The van der Waals surface area contributed by atoms with Crippen molar-refractivity contribution in [3.8, 4) is 5.75 Å². The van der Waals surface area contributed by atoms with E-state index in [1.807, 2.05) is 5.32 Å². The third kappa shape index (κ3) is 5.83. The molecule has 8 nitrogen and oxygen atoms in total. The van der Waals surface area contributed by atoms with Crippen molar-refractivity contribution in [2.75, 3.05) is 4.72 Å². The number of carbonyl (C=O) groups is 4. The third-order valence-corrected chi connectivity index (χ3v) is 5.62. The predicted octanol–water partition coefficient (Wildman–Crippen LogP) is 3.74. The van der Waals surface area contributed by atoms with Gasteiger partial charge in [0.25, 0.3) is 11.8 Å². The van der Waals surface area contributed by atoms with Crippen LogP contribution in [0.5, 0.6) is 5.75 Å². The van der Waals surface area contributed by atoms with Crippen molar-refractivity contribution >= 4 is 41.8 Å². The zero-order valence-corrected chi connectivity index (χ0v) is 18.0. The van der Waals surface area contributed by atoms with E-state index in [0.29, 0.717) is 5.69 Å². The van der Waals surface area contributed by atoms with Crippen molar-refractivity contribution in [3.05, 3.63) is 53.6 Å². The van der Waals surface area contributed by atoms with E-state index in [9.17, 15) is 32.3 Å². The molecule has 1 aliphatic rings. The van der Waals surface area contributed by atoms with Crippen molar-refractivity contribution in [1.29, 1.82) is 0 Å². The Labute approximate surface area is 190 Å². The number of nitrogens with zero attached hydrogens (tertiary/aromatic N) is 1. The highest BCUT2D eigenvalue weighted by Gasteiger charge is 2.38. The molecule has 12 heteroatoms. The number of rotatable bonds is 9. The van der Waals surface area contributed by atoms with E-state index in [1.54, 1.807) is 13.0 Å². The first-order chi connectivity index (χ1) is 15.6. The van der Waals surface area contributed by atoms with Crippen molar-refractivity contribution < 1.29 is 37.1 Å². The van der Waals surface area contributed by atoms with E-state index in [1.165, 1.54) is 36.4 Å². The first-order valence-electron chi connectivity index (χ1n) is 9.63. The number of benzene rings is 2. The van der Waals surface area contributed by atoms with Crippen molar-refractivity contribution in [2.24, 2.45) is 0 Å². The lowest BCUT2D eigenvalue weighted by atomic mass is 10.1. The number of ether oxygens (including phenoxy) is 1. The second kappa shape index (κ2) is 9.94. The highest BCUT2D eigenvalue weighted by Crippen LogP contribution is 2.35. The SMILES string of the molecule is CC(CCC(=O)NC=O)N1C(=O)c2ccc(NSc3ccccc3OC(F)(F)F)cc2C1=O. The van der Waals surface area contributed by atoms with Crippen LogP contribution in [0.25, 0.3) is 0 Å². The van der Waals surface area contributed by atoms with E-state index in [0.717, 1.165) is 16.8 Å². The van der Waals surface area contributed by atoms with Gasteiger partial charge in [0.2, 0.25) is 12.3 Å². The van der Waals surface area contributed by atoms with E-state index < -0.39 is 30.1 Å². The van der Waals surface area contributed by atoms with E-state index in [-0.39, 0.29) is 41.0 Å². The zero-order chi connectivity index (χ0) is 24.2. The molecular weight excluding hydrogens is 463 g/mol. The van der Waals surface area contributed by atoms with Gasteiger partial charge in [0.05, 0.1) is 16.0 Å². The lowest BCUT2D eigenvalue weighted by molar-refractivity contribution is -0.275. The van der Waals surface area contributed by atoms with Crippen LogP contribution in [0.4, 0.5) is 18.9 Å². The smallest absolute Gasteiger partial charge is 0.405 e. The maximum absolute atomic E-state index is 12.8. The molecule has 33 heavy (non-hydrogen) atoms. The number of carbonyl (C=O) groups excluding carboxylic acids is 4. The maximum Gasteiger partial charge on any atom is 0.573 e. The molecule has 2 N–H and O–H groups in total. The second-order valence-corrected chi connectivity index (χ2v) is 7.86. The molecule has 0 aliphatic carbocycles. The second-order valence-electron chi connectivity index (χ2n) is 7.01. The fraction of sp³-hybridized carbons (Fsp3) is 0.238. The van der Waals surface area contributed by atoms with Gasteiger partial charge in [-0.15, -0.1) is 13.2 Å². The summed E-state index contributed by atoms with van der Waals surface area (Å²) >= 11 is 0.854. The van der Waals surface area contributed by atoms with Gasteiger partial charge in [-0.2, -0.15) is 0 Å². The van der Waals surface area contributed by atoms with Crippen LogP contribution in [0.1, 0.15) is 40.5 Å². The first-order valence-corrected chi connectivity index (χ1v) is 10.4. The highest BCUT2D eigenvalue weighted by atomic mass is 32.2. The monoisotopic (exact) mass is 481 g/mol. The van der Waals surface area contributed by atoms with Gasteiger partial charge in [0.1, 0.15) is 5.75 Å². The summed E-state index contributed by atoms with van der Waals surface area (Å²) in [6.07, 6.45) is -4.46. The van der Waals surface area contributed by atoms with E-state index in [4.69, 9.17) is 0 Å². The van der Waals surface area contributed by atoms with Crippen LogP contribution >= 0.6 is 11.9 Å². The Bertz CT molecular complexity index is 1090. The minimum atomic E-state index is -4.84. The fourth-order valence-corrected chi connectivity index (χ4v) is 3.90. The van der Waals surface area contributed by atoms with Gasteiger partial charge in [-0.25, -0.2) is 0 Å². The summed E-state index contributed by atoms with van der Waals surface area (Å²) in [5.74, 6) is -1.96. The topological polar surface area (TPSA) is 105 Å². The molecule has 1 heterocycles. The molecule has 1 atom stereocenters. The molecule has 0 saturated carbocycles. The number of anilines is 1. The molecular formula is C21H18F3N3O5S. The van der Waals surface area contributed by atoms with Gasteiger partial charge in [-0.1, -0.05) is 12.1 Å². The number of amides is 4. The molecule has 3 rings (SSSR count). The van der Waals surface area contributed by atoms with Crippen LogP contribution in [-0.2, 0) is 9.59 Å². The number of hydrogen-bond donors (Lipinski definition) is 2. The standard InChI is InChI=1S/C21H18F3N3O5S/c1-12(6-9-18(29)25-11-28)27-19(30)14-8-7-13(10-15(14)20(27)31)26-33-17-5-3-2-4-16(17)32-21(22,23)24/h2-5,7-8,10-12,26H,6,9H2,1H3,(H,25,28,29). The van der Waals surface area contributed by atoms with Gasteiger partial charge in [-0.3, -0.25) is 29.4 Å². The zero-order valence-electron chi connectivity index (χ0n) is 17.1. The number of alkyl halides is 3. The average Bonchev–Trinajstić information content (AvgIpc) is 3.00. The molecule has 2 aromatic carbocycles. The van der Waals surface area contributed by atoms with Crippen LogP contribution < -0.4 is 14.8 Å². The largest absolute Gasteiger partial charge is 0.573 e. The Morgan fingerprint density at radius 3 is 2.55 bits per heavy atom. The summed E-state index contributed by atoms with van der Waals surface area (Å²) in [6.45, 7) is 1.61. The number of halogens is 3. The highest BCUT2D eigenvalue weighted by molar-refractivity contribution is 8.00. The molecule has 174 valence electrons. The van der Waals surface area contributed by atoms with Crippen LogP contribution in [0.15, 0.2) is 47.4 Å². The molecule has 0 saturated heterocycles. The molecule has 0 radical (unpaired) electrons. The number of nitrogens with one attached hydrogen (secondary N) is 2. The Kier molecular flexibility index (Phi) is 7.26. The summed E-state index contributed by atoms with van der Waals surface area (Å²) in [5, 5.41) is 1.99. The predicted molar refractivity (Wildman–Crippen MR) is 112 cm³/mol. The summed E-state index contributed by atoms with van der Waals surface area (Å²) in [5.41, 5.74) is 0.705. The van der Waals surface area contributed by atoms with E-state index in [2.05, 4.69) is 9.46 Å². The number of hydrogen-bond acceptors (Lipinski definition) is 7. The average molecular weight is 481 g/mol. The molecule has 2 aromatic rings. The Morgan fingerprint density at radius 1 is 1.15 bits per heavy atom. The Morgan fingerprint density at radius 2 is 1.85 bits per heavy atom. The Balaban J connectivity index is 1.70. The van der Waals surface area contributed by atoms with Crippen LogP contribution in [-0.4, -0.2) is 41.4 Å². The normalized spacial score (nSPS) is 14.0. The summed E-state index contributed by atoms with van der Waals surface area (Å²) < 4.78 is 44.6. The maximum atomic E-state index is 12.8. The molecule has 0 bridgehead atoms. The van der Waals surface area contributed by atoms with Crippen LogP contribution in [0.2, 0.25) is 0 Å². The molecule has 0 fully saturated rings. The van der Waals surface area contributed by atoms with Crippen LogP contribution in [0, 0.1) is 0 Å². The van der Waals surface area contributed by atoms with Gasteiger partial charge in [0.15, 0.2) is 0 Å². The van der Waals surface area contributed by atoms with Gasteiger partial charge < -0.3 is 9.46 Å². The van der Waals surface area contributed by atoms with Crippen molar-refractivity contribution in [1.82, 2.24) is 10.2 Å². The third-order valence-electron chi connectivity index (χ3n) is 4.72. The van der Waals surface area contributed by atoms with E-state index >= 15 is 0 Å². The number of fused-ring (bicyclic) bond motifs is 1. The lowest BCUT2D eigenvalue weighted by Crippen LogP contribution is -2.38. The Hall–Kier alpha value is -3.54. The number of imide groups is 2. The summed E-state index contributed by atoms with van der Waals surface area (Å²) in [4.78, 5) is 48.5. The van der Waals surface area contributed by atoms with Gasteiger partial charge >= 0.3 is 6.36 Å². The molecule has 1 aliphatic heterocycles. The van der Waals surface area contributed by atoms with Crippen LogP contribution in [0.3, 0.4) is 0 Å². The first kappa shape index (κ1) is 24.1. The van der Waals surface area contributed by atoms with Crippen molar-refractivity contribution in [2.45, 2.75) is 37.1 Å². The minimum Gasteiger partial charge on any atom is -0.405 e. The molecule has 0 aromatic heterocycles. The molecule has 4 amide bonds. The molecule has 1 unspecified atom stereocenters. The lowest BCUT2D eigenvalue weighted by Gasteiger charge is -2.22. The van der Waals surface area contributed by atoms with Gasteiger partial charge in [0, 0.05) is 18.2 Å². The quantitative estimate of drug-likeness (QED) is 0.319. The number of para-hydroxylation sites is 1. The van der Waals surface area contributed by atoms with Crippen molar-refractivity contribution in [3.63, 3.8) is 0 Å². The minimum absolute atomic E-state index is 0.0455. The summed E-state index contributed by atoms with van der Waals surface area (Å²) in [7, 11) is 0. The molecule has 0 spiro atoms. The summed E-state index contributed by atoms with van der Waals surface area (Å²) in [6, 6.07) is 9.38.